The molecule has 1 amide bonds. The first-order chi connectivity index (χ1) is 13.9. The van der Waals surface area contributed by atoms with E-state index in [2.05, 4.69) is 9.88 Å². The Morgan fingerprint density at radius 1 is 1.07 bits per heavy atom. The third-order valence-electron chi connectivity index (χ3n) is 6.21. The number of likely N-dealkylation sites (tertiary alicyclic amines) is 1. The van der Waals surface area contributed by atoms with E-state index < -0.39 is 9.84 Å². The Labute approximate surface area is 172 Å². The van der Waals surface area contributed by atoms with Gasteiger partial charge in [-0.05, 0) is 44.9 Å². The Bertz CT molecular complexity index is 840. The monoisotopic (exact) mass is 422 g/mol. The summed E-state index contributed by atoms with van der Waals surface area (Å²) in [7, 11) is -3.42. The molecule has 9 heteroatoms. The molecule has 1 atom stereocenters. The Kier molecular flexibility index (Phi) is 6.06. The van der Waals surface area contributed by atoms with E-state index in [9.17, 15) is 13.2 Å². The minimum atomic E-state index is -3.42. The van der Waals surface area contributed by atoms with E-state index in [1.54, 1.807) is 0 Å². The zero-order chi connectivity index (χ0) is 20.4. The Balaban J connectivity index is 1.52. The van der Waals surface area contributed by atoms with E-state index >= 15 is 0 Å². The van der Waals surface area contributed by atoms with Crippen molar-refractivity contribution < 1.29 is 17.9 Å². The molecule has 3 aliphatic heterocycles. The molecular weight excluding hydrogens is 392 g/mol. The van der Waals surface area contributed by atoms with Crippen LogP contribution in [0.4, 0.5) is 5.95 Å². The number of nitrogens with zero attached hydrogens (tertiary/aromatic N) is 4. The number of piperidine rings is 2. The fourth-order valence-corrected chi connectivity index (χ4v) is 5.38. The van der Waals surface area contributed by atoms with Gasteiger partial charge in [-0.3, -0.25) is 4.79 Å². The van der Waals surface area contributed by atoms with Gasteiger partial charge in [0.05, 0.1) is 11.9 Å². The summed E-state index contributed by atoms with van der Waals surface area (Å²) in [5.74, 6) is 0.714. The first kappa shape index (κ1) is 20.5. The van der Waals surface area contributed by atoms with Crippen molar-refractivity contribution in [2.45, 2.75) is 61.9 Å². The minimum absolute atomic E-state index is 0.0137. The van der Waals surface area contributed by atoms with Crippen molar-refractivity contribution in [3.63, 3.8) is 0 Å². The van der Waals surface area contributed by atoms with E-state index in [1.807, 2.05) is 4.90 Å². The van der Waals surface area contributed by atoms with Crippen molar-refractivity contribution >= 4 is 21.7 Å². The second-order valence-electron chi connectivity index (χ2n) is 8.34. The standard InChI is InChI=1S/C20H30N4O4S/c1-29(26,27)17-14-21-20(24-9-3-2-4-10-24)22-18(17)15-7-11-23(12-8-15)19(25)16-6-5-13-28-16/h14-16H,2-13H2,1H3/t16-/m0/s1. The highest BCUT2D eigenvalue weighted by molar-refractivity contribution is 7.90. The molecule has 0 unspecified atom stereocenters. The van der Waals surface area contributed by atoms with Crippen LogP contribution in [0.5, 0.6) is 0 Å². The molecular formula is C20H30N4O4S. The Morgan fingerprint density at radius 3 is 2.41 bits per heavy atom. The molecule has 1 aromatic heterocycles. The number of hydrogen-bond acceptors (Lipinski definition) is 7. The highest BCUT2D eigenvalue weighted by Gasteiger charge is 2.33. The molecule has 0 N–H and O–H groups in total. The molecule has 0 aromatic carbocycles. The highest BCUT2D eigenvalue weighted by Crippen LogP contribution is 2.33. The topological polar surface area (TPSA) is 92.7 Å². The van der Waals surface area contributed by atoms with Crippen molar-refractivity contribution in [3.8, 4) is 0 Å². The van der Waals surface area contributed by atoms with Crippen LogP contribution in [0.2, 0.25) is 0 Å². The molecule has 4 rings (SSSR count). The molecule has 4 heterocycles. The number of rotatable bonds is 4. The normalized spacial score (nSPS) is 24.1. The number of hydrogen-bond donors (Lipinski definition) is 0. The third-order valence-corrected chi connectivity index (χ3v) is 7.32. The van der Waals surface area contributed by atoms with Crippen LogP contribution in [0, 0.1) is 0 Å². The van der Waals surface area contributed by atoms with Gasteiger partial charge in [0.2, 0.25) is 5.95 Å². The third kappa shape index (κ3) is 4.55. The first-order valence-electron chi connectivity index (χ1n) is 10.7. The van der Waals surface area contributed by atoms with Gasteiger partial charge in [0, 0.05) is 45.0 Å². The van der Waals surface area contributed by atoms with Gasteiger partial charge in [-0.1, -0.05) is 0 Å². The van der Waals surface area contributed by atoms with Crippen molar-refractivity contribution in [2.75, 3.05) is 43.9 Å². The largest absolute Gasteiger partial charge is 0.368 e. The van der Waals surface area contributed by atoms with Crippen LogP contribution in [0.15, 0.2) is 11.1 Å². The number of aromatic nitrogens is 2. The average Bonchev–Trinajstić information content (AvgIpc) is 3.28. The predicted molar refractivity (Wildman–Crippen MR) is 109 cm³/mol. The van der Waals surface area contributed by atoms with Crippen LogP contribution < -0.4 is 4.90 Å². The predicted octanol–water partition coefficient (Wildman–Crippen LogP) is 1.76. The summed E-state index contributed by atoms with van der Waals surface area (Å²) in [6.07, 6.45) is 8.95. The molecule has 160 valence electrons. The molecule has 0 bridgehead atoms. The average molecular weight is 423 g/mol. The number of ether oxygens (including phenoxy) is 1. The summed E-state index contributed by atoms with van der Waals surface area (Å²) >= 11 is 0. The maximum absolute atomic E-state index is 12.6. The number of carbonyl (C=O) groups excluding carboxylic acids is 1. The smallest absolute Gasteiger partial charge is 0.251 e. The van der Waals surface area contributed by atoms with Gasteiger partial charge in [0.25, 0.3) is 5.91 Å². The van der Waals surface area contributed by atoms with E-state index in [1.165, 1.54) is 18.9 Å². The van der Waals surface area contributed by atoms with E-state index in [0.29, 0.717) is 44.2 Å². The molecule has 0 radical (unpaired) electrons. The molecule has 0 saturated carbocycles. The number of amides is 1. The molecule has 3 saturated heterocycles. The Morgan fingerprint density at radius 2 is 1.79 bits per heavy atom. The van der Waals surface area contributed by atoms with Gasteiger partial charge in [0.15, 0.2) is 9.84 Å². The van der Waals surface area contributed by atoms with Gasteiger partial charge < -0.3 is 14.5 Å². The van der Waals surface area contributed by atoms with Gasteiger partial charge in [-0.25, -0.2) is 18.4 Å². The van der Waals surface area contributed by atoms with Gasteiger partial charge in [0.1, 0.15) is 11.0 Å². The second kappa shape index (κ2) is 8.55. The molecule has 3 fully saturated rings. The van der Waals surface area contributed by atoms with Crippen molar-refractivity contribution in [1.82, 2.24) is 14.9 Å². The maximum atomic E-state index is 12.6. The summed E-state index contributed by atoms with van der Waals surface area (Å²) in [4.78, 5) is 26.0. The zero-order valence-corrected chi connectivity index (χ0v) is 17.9. The quantitative estimate of drug-likeness (QED) is 0.730. The SMILES string of the molecule is CS(=O)(=O)c1cnc(N2CCCCC2)nc1C1CCN(C(=O)[C@@H]2CCCO2)CC1. The molecule has 1 aromatic rings. The van der Waals surface area contributed by atoms with Crippen molar-refractivity contribution in [3.05, 3.63) is 11.9 Å². The number of carbonyl (C=O) groups is 1. The highest BCUT2D eigenvalue weighted by atomic mass is 32.2. The lowest BCUT2D eigenvalue weighted by Gasteiger charge is -2.34. The molecule has 3 aliphatic rings. The van der Waals surface area contributed by atoms with Crippen LogP contribution in [0.25, 0.3) is 0 Å². The van der Waals surface area contributed by atoms with Crippen molar-refractivity contribution in [2.24, 2.45) is 0 Å². The second-order valence-corrected chi connectivity index (χ2v) is 10.3. The van der Waals surface area contributed by atoms with Gasteiger partial charge in [-0.15, -0.1) is 0 Å². The fourth-order valence-electron chi connectivity index (χ4n) is 4.55. The lowest BCUT2D eigenvalue weighted by Crippen LogP contribution is -2.43. The van der Waals surface area contributed by atoms with E-state index in [4.69, 9.17) is 9.72 Å². The molecule has 0 aliphatic carbocycles. The van der Waals surface area contributed by atoms with Crippen LogP contribution in [0.1, 0.15) is 56.6 Å². The molecule has 8 nitrogen and oxygen atoms in total. The van der Waals surface area contributed by atoms with Gasteiger partial charge >= 0.3 is 0 Å². The number of anilines is 1. The summed E-state index contributed by atoms with van der Waals surface area (Å²) in [5.41, 5.74) is 0.618. The summed E-state index contributed by atoms with van der Waals surface area (Å²) in [5, 5.41) is 0. The maximum Gasteiger partial charge on any atom is 0.251 e. The summed E-state index contributed by atoms with van der Waals surface area (Å²) in [6.45, 7) is 3.69. The zero-order valence-electron chi connectivity index (χ0n) is 17.0. The van der Waals surface area contributed by atoms with Gasteiger partial charge in [-0.2, -0.15) is 0 Å². The van der Waals surface area contributed by atoms with E-state index in [0.717, 1.165) is 38.8 Å². The molecule has 29 heavy (non-hydrogen) atoms. The fraction of sp³-hybridized carbons (Fsp3) is 0.750. The van der Waals surface area contributed by atoms with E-state index in [-0.39, 0.29) is 22.8 Å². The summed E-state index contributed by atoms with van der Waals surface area (Å²) < 4.78 is 30.2. The minimum Gasteiger partial charge on any atom is -0.368 e. The summed E-state index contributed by atoms with van der Waals surface area (Å²) in [6, 6.07) is 0. The van der Waals surface area contributed by atoms with Crippen LogP contribution >= 0.6 is 0 Å². The van der Waals surface area contributed by atoms with Crippen LogP contribution in [-0.4, -0.2) is 74.3 Å². The first-order valence-corrected chi connectivity index (χ1v) is 12.5. The van der Waals surface area contributed by atoms with Crippen LogP contribution in [0.3, 0.4) is 0 Å². The number of sulfone groups is 1. The van der Waals surface area contributed by atoms with Crippen molar-refractivity contribution in [1.29, 1.82) is 0 Å². The molecule has 0 spiro atoms. The lowest BCUT2D eigenvalue weighted by atomic mass is 9.93. The lowest BCUT2D eigenvalue weighted by molar-refractivity contribution is -0.142. The Hall–Kier alpha value is -1.74. The van der Waals surface area contributed by atoms with Crippen LogP contribution in [-0.2, 0) is 19.4 Å².